The summed E-state index contributed by atoms with van der Waals surface area (Å²) in [5, 5.41) is 64.1. The molecule has 0 radical (unpaired) electrons. The van der Waals surface area contributed by atoms with E-state index >= 15 is 0 Å². The van der Waals surface area contributed by atoms with Crippen molar-refractivity contribution < 1.29 is 73.2 Å². The number of anilines is 1. The molecule has 0 saturated carbocycles. The highest BCUT2D eigenvalue weighted by atomic mass is 16.7. The molecular weight excluding hydrogens is 821 g/mol. The van der Waals surface area contributed by atoms with Crippen molar-refractivity contribution in [1.29, 1.82) is 0 Å². The SMILES string of the molecule is CCCCOCCOCCO/N=C/c1c2c(O)c3c(O)c(C)c4c(c3c1O)C(=O)[C@@](C)(O/C=C/[C@H](OC)[C@@H](C)[C@@H](OC(C)=O)[C@H](C)[C@H](O)[C@H](C)[C@@H](O)[C@@H](C)/C=C/C=C(/C)C(=O)N2)O4. The van der Waals surface area contributed by atoms with Crippen LogP contribution in [0.25, 0.3) is 10.8 Å². The first-order valence-electron chi connectivity index (χ1n) is 21.2. The normalized spacial score (nSPS) is 28.9. The van der Waals surface area contributed by atoms with E-state index in [0.717, 1.165) is 19.1 Å². The summed E-state index contributed by atoms with van der Waals surface area (Å²) < 4.78 is 34.5. The predicted molar refractivity (Wildman–Crippen MR) is 234 cm³/mol. The van der Waals surface area contributed by atoms with Crippen LogP contribution in [0.3, 0.4) is 0 Å². The van der Waals surface area contributed by atoms with E-state index in [2.05, 4.69) is 17.4 Å². The lowest BCUT2D eigenvalue weighted by molar-refractivity contribution is -0.160. The Morgan fingerprint density at radius 2 is 1.57 bits per heavy atom. The molecule has 0 aromatic heterocycles. The van der Waals surface area contributed by atoms with E-state index in [1.54, 1.807) is 39.8 Å². The number of benzene rings is 2. The highest BCUT2D eigenvalue weighted by Gasteiger charge is 2.50. The fraction of sp³-hybridized carbons (Fsp3) is 0.565. The Balaban J connectivity index is 1.85. The van der Waals surface area contributed by atoms with Crippen LogP contribution in [0.4, 0.5) is 5.69 Å². The van der Waals surface area contributed by atoms with Gasteiger partial charge in [-0.05, 0) is 26.3 Å². The van der Waals surface area contributed by atoms with Gasteiger partial charge in [0.25, 0.3) is 11.7 Å². The molecule has 3 aliphatic rings. The second kappa shape index (κ2) is 22.4. The molecule has 9 atom stereocenters. The second-order valence-corrected chi connectivity index (χ2v) is 16.3. The van der Waals surface area contributed by atoms with Crippen LogP contribution < -0.4 is 10.1 Å². The maximum absolute atomic E-state index is 14.4. The van der Waals surface area contributed by atoms with Crippen LogP contribution in [0.15, 0.2) is 41.3 Å². The number of fused-ring (bicyclic) bond motifs is 14. The average Bonchev–Trinajstić information content (AvgIpc) is 3.51. The number of nitrogens with zero attached hydrogens (tertiary/aromatic N) is 1. The molecule has 2 aromatic rings. The zero-order valence-corrected chi connectivity index (χ0v) is 37.8. The summed E-state index contributed by atoms with van der Waals surface area (Å²) in [7, 11) is 1.42. The van der Waals surface area contributed by atoms with Gasteiger partial charge in [-0.15, -0.1) is 0 Å². The Kier molecular flexibility index (Phi) is 18.0. The summed E-state index contributed by atoms with van der Waals surface area (Å²) in [5.74, 6) is -8.82. The average molecular weight is 885 g/mol. The molecule has 6 N–H and O–H groups in total. The second-order valence-electron chi connectivity index (χ2n) is 16.3. The van der Waals surface area contributed by atoms with Crippen LogP contribution in [0.1, 0.15) is 89.7 Å². The van der Waals surface area contributed by atoms with Crippen molar-refractivity contribution in [2.75, 3.05) is 45.5 Å². The molecule has 348 valence electrons. The number of aromatic hydroxyl groups is 3. The van der Waals surface area contributed by atoms with Crippen LogP contribution in [0.2, 0.25) is 0 Å². The van der Waals surface area contributed by atoms with Crippen molar-refractivity contribution in [3.05, 3.63) is 52.8 Å². The zero-order valence-electron chi connectivity index (χ0n) is 37.8. The number of esters is 1. The number of aliphatic hydroxyl groups is 2. The van der Waals surface area contributed by atoms with Gasteiger partial charge in [0.2, 0.25) is 0 Å². The molecule has 0 saturated heterocycles. The number of ketones is 1. The summed E-state index contributed by atoms with van der Waals surface area (Å²) in [4.78, 5) is 45.8. The molecule has 17 nitrogen and oxygen atoms in total. The smallest absolute Gasteiger partial charge is 0.312 e. The largest absolute Gasteiger partial charge is 0.507 e. The number of carbonyl (C=O) groups excluding carboxylic acids is 3. The van der Waals surface area contributed by atoms with Gasteiger partial charge in [0.15, 0.2) is 5.75 Å². The Hall–Kier alpha value is -5.20. The number of amides is 1. The number of hydrogen-bond donors (Lipinski definition) is 6. The summed E-state index contributed by atoms with van der Waals surface area (Å²) in [6, 6.07) is 0. The topological polar surface area (TPSA) is 241 Å². The van der Waals surface area contributed by atoms with Gasteiger partial charge >= 0.3 is 11.8 Å². The zero-order chi connectivity index (χ0) is 46.8. The van der Waals surface area contributed by atoms with Crippen molar-refractivity contribution in [1.82, 2.24) is 0 Å². The summed E-state index contributed by atoms with van der Waals surface area (Å²) in [5.41, 5.74) is -0.723. The molecule has 5 bridgehead atoms. The lowest BCUT2D eigenvalue weighted by Crippen LogP contribution is -2.46. The Labute approximate surface area is 368 Å². The van der Waals surface area contributed by atoms with E-state index in [1.807, 2.05) is 0 Å². The first-order chi connectivity index (χ1) is 29.8. The third-order valence-electron chi connectivity index (χ3n) is 11.6. The molecule has 0 aliphatic carbocycles. The molecule has 0 fully saturated rings. The van der Waals surface area contributed by atoms with Crippen LogP contribution in [0, 0.1) is 30.6 Å². The fourth-order valence-electron chi connectivity index (χ4n) is 7.68. The van der Waals surface area contributed by atoms with E-state index in [0.29, 0.717) is 19.8 Å². The van der Waals surface area contributed by atoms with E-state index in [-0.39, 0.29) is 57.7 Å². The Morgan fingerprint density at radius 1 is 0.905 bits per heavy atom. The minimum atomic E-state index is -2.08. The van der Waals surface area contributed by atoms with Gasteiger partial charge in [0.1, 0.15) is 30.0 Å². The third kappa shape index (κ3) is 11.5. The molecule has 5 rings (SSSR count). The minimum absolute atomic E-state index is 0.0103. The number of allylic oxidation sites excluding steroid dienone is 2. The molecule has 3 heterocycles. The minimum Gasteiger partial charge on any atom is -0.507 e. The van der Waals surface area contributed by atoms with Crippen LogP contribution in [-0.2, 0) is 38.1 Å². The molecule has 2 aromatic carbocycles. The van der Waals surface area contributed by atoms with Gasteiger partial charge in [-0.1, -0.05) is 64.4 Å². The molecule has 3 aliphatic heterocycles. The Morgan fingerprint density at radius 3 is 2.22 bits per heavy atom. The van der Waals surface area contributed by atoms with Crippen molar-refractivity contribution in [3.8, 4) is 23.0 Å². The van der Waals surface area contributed by atoms with E-state index in [1.165, 1.54) is 53.2 Å². The number of methoxy groups -OCH3 is 1. The lowest BCUT2D eigenvalue weighted by Gasteiger charge is -2.38. The summed E-state index contributed by atoms with van der Waals surface area (Å²) in [6.45, 7) is 16.0. The van der Waals surface area contributed by atoms with Crippen molar-refractivity contribution in [2.45, 2.75) is 105 Å². The highest BCUT2D eigenvalue weighted by Crippen LogP contribution is 2.55. The van der Waals surface area contributed by atoms with Gasteiger partial charge in [-0.25, -0.2) is 0 Å². The van der Waals surface area contributed by atoms with Gasteiger partial charge in [-0.3, -0.25) is 14.4 Å². The first-order valence-corrected chi connectivity index (χ1v) is 21.2. The number of unbranched alkanes of at least 4 members (excludes halogenated alkanes) is 1. The van der Waals surface area contributed by atoms with Crippen molar-refractivity contribution in [2.24, 2.45) is 28.8 Å². The van der Waals surface area contributed by atoms with Gasteiger partial charge in [-0.2, -0.15) is 0 Å². The van der Waals surface area contributed by atoms with Gasteiger partial charge in [0.05, 0.1) is 72.8 Å². The molecular formula is C46H64N2O15. The number of oxime groups is 1. The third-order valence-corrected chi connectivity index (χ3v) is 11.6. The standard InChI is InChI=1S/C46H64N2O15/c1-11-12-17-58-19-20-59-21-22-61-47-23-31-36-41(54)34-33(40(31)53)35-43(29(7)39(34)52)63-46(9,44(35)55)60-18-16-32(57-10)26(4)42(62-30(8)49)28(6)38(51)27(5)37(50)24(2)14-13-15-25(3)45(56)48-36/h13-16,18,23-24,26-28,32,37-38,42,50-54H,11-12,17,19-22H2,1-10H3,(H,48,56)/b14-13+,18-16+,25-15-,47-23+/t24-,26+,27+,28+,32-,37-,38+,42+,46-/m0/s1. The number of Topliss-reactive ketones (excluding diaryl/α,β-unsaturated/α-hetero) is 1. The van der Waals surface area contributed by atoms with Crippen LogP contribution >= 0.6 is 0 Å². The first kappa shape index (κ1) is 50.4. The van der Waals surface area contributed by atoms with Gasteiger partial charge in [0, 0.05) is 67.8 Å². The maximum Gasteiger partial charge on any atom is 0.312 e. The van der Waals surface area contributed by atoms with Crippen molar-refractivity contribution >= 4 is 40.3 Å². The quantitative estimate of drug-likeness (QED) is 0.0341. The Bertz CT molecular complexity index is 2080. The summed E-state index contributed by atoms with van der Waals surface area (Å²) >= 11 is 0. The monoisotopic (exact) mass is 884 g/mol. The van der Waals surface area contributed by atoms with Gasteiger partial charge < -0.3 is 64.1 Å². The van der Waals surface area contributed by atoms with Crippen LogP contribution in [-0.4, -0.2) is 120 Å². The molecule has 1 amide bonds. The van der Waals surface area contributed by atoms with Crippen LogP contribution in [0.5, 0.6) is 23.0 Å². The maximum atomic E-state index is 14.4. The number of nitrogens with one attached hydrogen (secondary N) is 1. The number of phenolic OH excluding ortho intramolecular Hbond substituents is 3. The molecule has 0 spiro atoms. The van der Waals surface area contributed by atoms with E-state index < -0.39 is 88.8 Å². The molecule has 63 heavy (non-hydrogen) atoms. The molecule has 0 unspecified atom stereocenters. The predicted octanol–water partition coefficient (Wildman–Crippen LogP) is 5.94. The van der Waals surface area contributed by atoms with E-state index in [9.17, 15) is 39.9 Å². The number of rotatable bonds is 13. The number of hydrogen-bond acceptors (Lipinski definition) is 16. The molecule has 17 heteroatoms. The number of phenols is 3. The highest BCUT2D eigenvalue weighted by molar-refractivity contribution is 6.23. The number of ether oxygens (including phenoxy) is 6. The fourth-order valence-corrected chi connectivity index (χ4v) is 7.68. The lowest BCUT2D eigenvalue weighted by atomic mass is 9.78. The summed E-state index contributed by atoms with van der Waals surface area (Å²) in [6.07, 6.45) is 6.38. The number of aliphatic hydroxyl groups excluding tert-OH is 2. The van der Waals surface area contributed by atoms with E-state index in [4.69, 9.17) is 33.3 Å². The van der Waals surface area contributed by atoms with Crippen molar-refractivity contribution in [3.63, 3.8) is 0 Å². The number of carbonyl (C=O) groups is 3.